The third kappa shape index (κ3) is 6.11. The summed E-state index contributed by atoms with van der Waals surface area (Å²) in [5.41, 5.74) is 3.57. The van der Waals surface area contributed by atoms with Crippen molar-refractivity contribution in [3.63, 3.8) is 0 Å². The second kappa shape index (κ2) is 11.6. The van der Waals surface area contributed by atoms with Crippen molar-refractivity contribution in [3.05, 3.63) is 59.0 Å². The number of carbonyl (C=O) groups is 1. The van der Waals surface area contributed by atoms with Gasteiger partial charge in [0.05, 0.1) is 40.7 Å². The summed E-state index contributed by atoms with van der Waals surface area (Å²) in [6.45, 7) is 19.9. The van der Waals surface area contributed by atoms with E-state index in [1.165, 1.54) is 0 Å². The van der Waals surface area contributed by atoms with Gasteiger partial charge >= 0.3 is 6.09 Å². The summed E-state index contributed by atoms with van der Waals surface area (Å²) >= 11 is 0. The first-order valence-electron chi connectivity index (χ1n) is 14.5. The first kappa shape index (κ1) is 31.3. The number of nitriles is 1. The van der Waals surface area contributed by atoms with E-state index in [2.05, 4.69) is 44.1 Å². The fourth-order valence-electron chi connectivity index (χ4n) is 5.43. The van der Waals surface area contributed by atoms with Gasteiger partial charge in [-0.3, -0.25) is 4.57 Å². The maximum absolute atomic E-state index is 13.2. The third-order valence-corrected chi connectivity index (χ3v) is 9.48. The van der Waals surface area contributed by atoms with Crippen molar-refractivity contribution >= 4 is 36.1 Å². The molecule has 2 heterocycles. The Morgan fingerprint density at radius 1 is 1.12 bits per heavy atom. The van der Waals surface area contributed by atoms with Crippen molar-refractivity contribution in [2.75, 3.05) is 13.7 Å². The van der Waals surface area contributed by atoms with E-state index >= 15 is 0 Å². The monoisotopic (exact) mass is 588 g/mol. The van der Waals surface area contributed by atoms with Crippen molar-refractivity contribution in [1.29, 1.82) is 5.26 Å². The second-order valence-electron chi connectivity index (χ2n) is 13.4. The summed E-state index contributed by atoms with van der Waals surface area (Å²) in [5.74, 6) is 1.54. The molecule has 0 amide bonds. The highest BCUT2D eigenvalue weighted by Crippen LogP contribution is 2.46. The van der Waals surface area contributed by atoms with Crippen LogP contribution in [0.3, 0.4) is 0 Å². The van der Waals surface area contributed by atoms with Crippen LogP contribution in [-0.4, -0.2) is 47.6 Å². The Morgan fingerprint density at radius 2 is 1.83 bits per heavy atom. The highest BCUT2D eigenvalue weighted by molar-refractivity contribution is 6.76. The zero-order chi connectivity index (χ0) is 31.0. The number of hydrogen-bond donors (Lipinski definition) is 0. The molecule has 224 valence electrons. The van der Waals surface area contributed by atoms with Crippen LogP contribution in [-0.2, 0) is 21.6 Å². The van der Waals surface area contributed by atoms with E-state index in [9.17, 15) is 10.1 Å². The van der Waals surface area contributed by atoms with Crippen LogP contribution in [0, 0.1) is 18.3 Å². The molecular weight excluding hydrogens is 544 g/mol. The molecule has 2 aromatic carbocycles. The molecule has 1 unspecified atom stereocenters. The molecule has 0 aliphatic heterocycles. The van der Waals surface area contributed by atoms with E-state index in [1.807, 2.05) is 58.0 Å². The molecule has 4 rings (SSSR count). The predicted molar refractivity (Wildman–Crippen MR) is 170 cm³/mol. The summed E-state index contributed by atoms with van der Waals surface area (Å²) in [6.07, 6.45) is 2.04. The summed E-state index contributed by atoms with van der Waals surface area (Å²) in [5, 5.41) is 10.5. The van der Waals surface area contributed by atoms with Crippen LogP contribution < -0.4 is 4.74 Å². The lowest BCUT2D eigenvalue weighted by molar-refractivity contribution is 0.0544. The molecule has 2 aromatic heterocycles. The highest BCUT2D eigenvalue weighted by atomic mass is 28.3. The van der Waals surface area contributed by atoms with E-state index < -0.39 is 25.2 Å². The minimum absolute atomic E-state index is 0.341. The van der Waals surface area contributed by atoms with Gasteiger partial charge in [-0.25, -0.2) is 9.78 Å². The van der Waals surface area contributed by atoms with Gasteiger partial charge in [-0.05, 0) is 83.0 Å². The maximum atomic E-state index is 13.2. The lowest BCUT2D eigenvalue weighted by Gasteiger charge is -2.32. The number of aryl methyl sites for hydroxylation is 1. The Morgan fingerprint density at radius 3 is 2.43 bits per heavy atom. The van der Waals surface area contributed by atoms with Gasteiger partial charge in [-0.2, -0.15) is 5.26 Å². The van der Waals surface area contributed by atoms with Gasteiger partial charge in [0.1, 0.15) is 23.9 Å². The smallest absolute Gasteiger partial charge is 0.419 e. The molecule has 0 fully saturated rings. The first-order valence-corrected chi connectivity index (χ1v) is 18.3. The molecule has 0 radical (unpaired) electrons. The van der Waals surface area contributed by atoms with Crippen LogP contribution in [0.25, 0.3) is 21.9 Å². The van der Waals surface area contributed by atoms with Gasteiger partial charge in [-0.15, -0.1) is 0 Å². The standard InChI is InChI=1S/C33H44N4O4Si/c1-11-33(6,28-24-14-15-36(31(38)41-32(3,4)5)29(24)22(2)18-27(28)39-7)30-35-25-19-23(20-34)12-13-26(25)37(30)21-40-16-17-42(8,9)10/h12-15,18-19H,11,16-17,21H2,1-10H3. The number of benzene rings is 2. The fraction of sp³-hybridized carbons (Fsp3) is 0.485. The zero-order valence-electron chi connectivity index (χ0n) is 26.7. The minimum atomic E-state index is -1.27. The van der Waals surface area contributed by atoms with E-state index in [4.69, 9.17) is 19.2 Å². The molecule has 0 saturated carbocycles. The maximum Gasteiger partial charge on any atom is 0.419 e. The highest BCUT2D eigenvalue weighted by Gasteiger charge is 2.38. The van der Waals surface area contributed by atoms with Crippen LogP contribution >= 0.6 is 0 Å². The van der Waals surface area contributed by atoms with Crippen molar-refractivity contribution in [2.24, 2.45) is 0 Å². The summed E-state index contributed by atoms with van der Waals surface area (Å²) < 4.78 is 21.7. The number of aromatic nitrogens is 3. The number of ether oxygens (including phenoxy) is 3. The quantitative estimate of drug-likeness (QED) is 0.145. The van der Waals surface area contributed by atoms with Crippen LogP contribution in [0.4, 0.5) is 4.79 Å². The third-order valence-electron chi connectivity index (χ3n) is 7.78. The van der Waals surface area contributed by atoms with Gasteiger partial charge in [0.25, 0.3) is 0 Å². The lowest BCUT2D eigenvalue weighted by Crippen LogP contribution is -2.29. The molecule has 0 aliphatic rings. The molecule has 0 bridgehead atoms. The Bertz CT molecular complexity index is 1670. The van der Waals surface area contributed by atoms with Gasteiger partial charge in [-0.1, -0.05) is 26.6 Å². The summed E-state index contributed by atoms with van der Waals surface area (Å²) in [6, 6.07) is 12.8. The lowest BCUT2D eigenvalue weighted by atomic mass is 9.76. The number of carbonyl (C=O) groups excluding carboxylic acids is 1. The van der Waals surface area contributed by atoms with Crippen molar-refractivity contribution < 1.29 is 19.0 Å². The van der Waals surface area contributed by atoms with Gasteiger partial charge in [0.15, 0.2) is 0 Å². The second-order valence-corrected chi connectivity index (χ2v) is 19.0. The molecule has 0 saturated heterocycles. The molecule has 0 aliphatic carbocycles. The summed E-state index contributed by atoms with van der Waals surface area (Å²) in [7, 11) is 0.405. The van der Waals surface area contributed by atoms with Crippen LogP contribution in [0.15, 0.2) is 36.5 Å². The number of nitrogens with zero attached hydrogens (tertiary/aromatic N) is 4. The molecule has 9 heteroatoms. The van der Waals surface area contributed by atoms with Crippen molar-refractivity contribution in [2.45, 2.75) is 91.4 Å². The van der Waals surface area contributed by atoms with Crippen molar-refractivity contribution in [1.82, 2.24) is 14.1 Å². The SMILES string of the molecule is CCC(C)(c1c(OC)cc(C)c2c1ccn2C(=O)OC(C)(C)C)c1nc2cc(C#N)ccc2n1COCC[Si](C)(C)C. The van der Waals surface area contributed by atoms with Crippen LogP contribution in [0.1, 0.15) is 63.6 Å². The zero-order valence-corrected chi connectivity index (χ0v) is 27.7. The fourth-order valence-corrected chi connectivity index (χ4v) is 6.19. The molecule has 1 atom stereocenters. The Hall–Kier alpha value is -3.61. The molecule has 4 aromatic rings. The number of methoxy groups -OCH3 is 1. The average Bonchev–Trinajstić information content (AvgIpc) is 3.51. The number of fused-ring (bicyclic) bond motifs is 2. The predicted octanol–water partition coefficient (Wildman–Crippen LogP) is 7.99. The molecule has 8 nitrogen and oxygen atoms in total. The summed E-state index contributed by atoms with van der Waals surface area (Å²) in [4.78, 5) is 18.4. The molecule has 42 heavy (non-hydrogen) atoms. The Kier molecular flexibility index (Phi) is 8.64. The normalized spacial score (nSPS) is 13.7. The van der Waals surface area contributed by atoms with E-state index in [0.717, 1.165) is 50.7 Å². The van der Waals surface area contributed by atoms with Crippen molar-refractivity contribution in [3.8, 4) is 11.8 Å². The molecule has 0 N–H and O–H groups in total. The number of hydrogen-bond acceptors (Lipinski definition) is 6. The number of imidazole rings is 1. The van der Waals surface area contributed by atoms with Crippen LogP contribution in [0.5, 0.6) is 5.75 Å². The van der Waals surface area contributed by atoms with E-state index in [0.29, 0.717) is 25.3 Å². The molecule has 0 spiro atoms. The van der Waals surface area contributed by atoms with E-state index in [-0.39, 0.29) is 0 Å². The Labute approximate surface area is 250 Å². The van der Waals surface area contributed by atoms with Crippen LogP contribution in [0.2, 0.25) is 25.7 Å². The average molecular weight is 589 g/mol. The number of rotatable bonds is 9. The van der Waals surface area contributed by atoms with Gasteiger partial charge < -0.3 is 18.8 Å². The minimum Gasteiger partial charge on any atom is -0.496 e. The molecular formula is C33H44N4O4Si. The first-order chi connectivity index (χ1) is 19.6. The Balaban J connectivity index is 1.95. The van der Waals surface area contributed by atoms with Gasteiger partial charge in [0.2, 0.25) is 0 Å². The van der Waals surface area contributed by atoms with Gasteiger partial charge in [0, 0.05) is 31.8 Å². The van der Waals surface area contributed by atoms with E-state index in [1.54, 1.807) is 17.9 Å². The largest absolute Gasteiger partial charge is 0.496 e. The topological polar surface area (TPSA) is 91.3 Å².